The Morgan fingerprint density at radius 3 is 2.24 bits per heavy atom. The van der Waals surface area contributed by atoms with E-state index in [2.05, 4.69) is 182 Å². The van der Waals surface area contributed by atoms with Crippen LogP contribution in [0.1, 0.15) is 36.5 Å². The Hall–Kier alpha value is -6.16. The molecule has 3 aliphatic rings. The average Bonchev–Trinajstić information content (AvgIpc) is 3.94. The van der Waals surface area contributed by atoms with Crippen molar-refractivity contribution >= 4 is 53.3 Å². The Morgan fingerprint density at radius 1 is 0.556 bits per heavy atom. The number of fused-ring (bicyclic) bond motifs is 12. The molecule has 0 spiro atoms. The Morgan fingerprint density at radius 2 is 1.30 bits per heavy atom. The van der Waals surface area contributed by atoms with E-state index in [4.69, 9.17) is 4.74 Å². The number of ether oxygens (including phenoxy) is 1. The molecule has 0 fully saturated rings. The number of rotatable bonds is 3. The van der Waals surface area contributed by atoms with Gasteiger partial charge in [-0.25, -0.2) is 0 Å². The van der Waals surface area contributed by atoms with Gasteiger partial charge in [0.25, 0.3) is 0 Å². The highest BCUT2D eigenvalue weighted by Crippen LogP contribution is 2.51. The first kappa shape index (κ1) is 30.3. The van der Waals surface area contributed by atoms with Crippen LogP contribution in [0.5, 0.6) is 5.75 Å². The van der Waals surface area contributed by atoms with Gasteiger partial charge in [-0.1, -0.05) is 123 Å². The number of allylic oxidation sites excluding steroid dienone is 2. The lowest BCUT2D eigenvalue weighted by Gasteiger charge is -2.22. The van der Waals surface area contributed by atoms with E-state index in [-0.39, 0.29) is 11.5 Å². The molecule has 3 heteroatoms. The summed E-state index contributed by atoms with van der Waals surface area (Å²) in [6.45, 7) is 4.74. The number of aromatic nitrogens is 1. The van der Waals surface area contributed by atoms with Gasteiger partial charge in [-0.3, -0.25) is 0 Å². The minimum Gasteiger partial charge on any atom is -0.485 e. The lowest BCUT2D eigenvalue weighted by molar-refractivity contribution is 0.269. The second kappa shape index (κ2) is 10.9. The van der Waals surface area contributed by atoms with E-state index in [1.165, 1.54) is 97.7 Å². The first-order chi connectivity index (χ1) is 26.5. The van der Waals surface area contributed by atoms with Crippen LogP contribution in [0.2, 0.25) is 0 Å². The van der Waals surface area contributed by atoms with Gasteiger partial charge in [0.1, 0.15) is 11.9 Å². The van der Waals surface area contributed by atoms with E-state index in [1.807, 2.05) is 11.3 Å². The van der Waals surface area contributed by atoms with Crippen LogP contribution in [-0.4, -0.2) is 10.7 Å². The van der Waals surface area contributed by atoms with Crippen molar-refractivity contribution in [2.45, 2.75) is 31.3 Å². The molecule has 0 amide bonds. The van der Waals surface area contributed by atoms with Gasteiger partial charge >= 0.3 is 0 Å². The van der Waals surface area contributed by atoms with Gasteiger partial charge in [-0.15, -0.1) is 11.3 Å². The van der Waals surface area contributed by atoms with Crippen LogP contribution in [0.3, 0.4) is 0 Å². The molecular weight excluding hydrogens is 675 g/mol. The molecule has 3 heterocycles. The van der Waals surface area contributed by atoms with Gasteiger partial charge < -0.3 is 9.30 Å². The fourth-order valence-corrected chi connectivity index (χ4v) is 10.9. The third kappa shape index (κ3) is 4.16. The summed E-state index contributed by atoms with van der Waals surface area (Å²) in [5.41, 5.74) is 15.2. The highest BCUT2D eigenvalue weighted by Gasteiger charge is 2.36. The molecule has 0 saturated carbocycles. The normalized spacial score (nSPS) is 17.6. The van der Waals surface area contributed by atoms with Crippen LogP contribution in [-0.2, 0) is 5.41 Å². The van der Waals surface area contributed by atoms with Gasteiger partial charge in [-0.05, 0) is 93.6 Å². The van der Waals surface area contributed by atoms with Crippen molar-refractivity contribution in [3.63, 3.8) is 0 Å². The fraction of sp³-hybridized carbons (Fsp3) is 0.0980. The van der Waals surface area contributed by atoms with Crippen molar-refractivity contribution in [3.8, 4) is 44.8 Å². The van der Waals surface area contributed by atoms with Gasteiger partial charge in [0.15, 0.2) is 0 Å². The lowest BCUT2D eigenvalue weighted by atomic mass is 9.81. The van der Waals surface area contributed by atoms with E-state index in [1.54, 1.807) is 0 Å². The second-order valence-electron chi connectivity index (χ2n) is 15.6. The summed E-state index contributed by atoms with van der Waals surface area (Å²) >= 11 is 1.90. The minimum atomic E-state index is -0.0688. The van der Waals surface area contributed by atoms with E-state index < -0.39 is 0 Å². The maximum atomic E-state index is 6.41. The molecule has 2 atom stereocenters. The number of para-hydroxylation sites is 1. The number of hydrogen-bond acceptors (Lipinski definition) is 2. The summed E-state index contributed by atoms with van der Waals surface area (Å²) in [7, 11) is 0. The molecule has 12 rings (SSSR count). The molecule has 256 valence electrons. The molecule has 0 bridgehead atoms. The Balaban J connectivity index is 1.06. The smallest absolute Gasteiger partial charge is 0.128 e. The van der Waals surface area contributed by atoms with E-state index >= 15 is 0 Å². The second-order valence-corrected chi connectivity index (χ2v) is 16.7. The summed E-state index contributed by atoms with van der Waals surface area (Å²) in [5, 5.41) is 5.11. The van der Waals surface area contributed by atoms with Crippen LogP contribution < -0.4 is 4.74 Å². The van der Waals surface area contributed by atoms with Crippen LogP contribution in [0.15, 0.2) is 164 Å². The van der Waals surface area contributed by atoms with Gasteiger partial charge in [0.2, 0.25) is 0 Å². The fourth-order valence-electron chi connectivity index (χ4n) is 9.68. The zero-order valence-electron chi connectivity index (χ0n) is 30.0. The van der Waals surface area contributed by atoms with Crippen molar-refractivity contribution in [1.82, 2.24) is 4.57 Å². The molecule has 9 aromatic rings. The lowest BCUT2D eigenvalue weighted by Crippen LogP contribution is -2.15. The molecule has 2 nitrogen and oxygen atoms in total. The molecule has 54 heavy (non-hydrogen) atoms. The average molecular weight is 710 g/mol. The molecule has 1 aliphatic heterocycles. The number of hydrogen-bond donors (Lipinski definition) is 0. The van der Waals surface area contributed by atoms with Crippen molar-refractivity contribution in [1.29, 1.82) is 0 Å². The maximum absolute atomic E-state index is 6.41. The van der Waals surface area contributed by atoms with E-state index in [9.17, 15) is 0 Å². The minimum absolute atomic E-state index is 0.0688. The molecule has 0 N–H and O–H groups in total. The monoisotopic (exact) mass is 709 g/mol. The highest BCUT2D eigenvalue weighted by atomic mass is 32.1. The van der Waals surface area contributed by atoms with Crippen molar-refractivity contribution in [2.24, 2.45) is 0 Å². The van der Waals surface area contributed by atoms with Gasteiger partial charge in [-0.2, -0.15) is 0 Å². The van der Waals surface area contributed by atoms with Gasteiger partial charge in [0, 0.05) is 59.1 Å². The van der Waals surface area contributed by atoms with Crippen LogP contribution in [0, 0.1) is 0 Å². The third-order valence-electron chi connectivity index (χ3n) is 12.3. The van der Waals surface area contributed by atoms with Crippen LogP contribution in [0.25, 0.3) is 81.0 Å². The molecule has 0 radical (unpaired) electrons. The molecular formula is C51H35NOS. The highest BCUT2D eigenvalue weighted by molar-refractivity contribution is 7.26. The number of nitrogens with zero attached hydrogens (tertiary/aromatic N) is 1. The summed E-state index contributed by atoms with van der Waals surface area (Å²) in [5.74, 6) is 1.28. The summed E-state index contributed by atoms with van der Waals surface area (Å²) < 4.78 is 11.5. The molecule has 2 aliphatic carbocycles. The number of thiophene rings is 1. The zero-order valence-corrected chi connectivity index (χ0v) is 30.8. The SMILES string of the molecule is CC1(C)c2ccccc2-c2ccc(-c3cc(-n4c5ccccc5c5cc(-c6ccc7c(c6)OC6C=CC=CC76)ccc54)cc4c3sc3ccccc34)cc21. The summed E-state index contributed by atoms with van der Waals surface area (Å²) in [6.07, 6.45) is 8.72. The van der Waals surface area contributed by atoms with E-state index in [0.717, 1.165) is 5.75 Å². The maximum Gasteiger partial charge on any atom is 0.128 e. The van der Waals surface area contributed by atoms with Crippen molar-refractivity contribution < 1.29 is 4.74 Å². The Labute approximate surface area is 317 Å². The van der Waals surface area contributed by atoms with Crippen molar-refractivity contribution in [3.05, 3.63) is 181 Å². The largest absolute Gasteiger partial charge is 0.485 e. The van der Waals surface area contributed by atoms with Crippen LogP contribution >= 0.6 is 11.3 Å². The summed E-state index contributed by atoms with van der Waals surface area (Å²) in [6, 6.07) is 52.4. The molecule has 2 aromatic heterocycles. The van der Waals surface area contributed by atoms with Gasteiger partial charge in [0.05, 0.1) is 11.0 Å². The zero-order chi connectivity index (χ0) is 35.7. The predicted molar refractivity (Wildman–Crippen MR) is 228 cm³/mol. The Bertz CT molecular complexity index is 3130. The van der Waals surface area contributed by atoms with E-state index in [0.29, 0.717) is 5.92 Å². The first-order valence-corrected chi connectivity index (χ1v) is 19.7. The molecule has 0 saturated heterocycles. The standard InChI is InChI=1S/C51H35NOS/c1-51(2)43-15-7-3-11-34(43)35-22-20-32(26-44(35)51)40-28-33(29-42-39-14-6-10-18-49(39)54-50(40)42)52-45-16-8-4-12-36(45)41-25-30(21-24-46(41)52)31-19-23-38-37-13-5-9-17-47(37)53-48(38)27-31/h3-29,37,47H,1-2H3. The third-order valence-corrected chi connectivity index (χ3v) is 13.6. The van der Waals surface area contributed by atoms with Crippen molar-refractivity contribution in [2.75, 3.05) is 0 Å². The predicted octanol–water partition coefficient (Wildman–Crippen LogP) is 13.8. The quantitative estimate of drug-likeness (QED) is 0.178. The number of benzene rings is 7. The Kier molecular flexibility index (Phi) is 6.14. The molecule has 7 aromatic carbocycles. The first-order valence-electron chi connectivity index (χ1n) is 18.9. The topological polar surface area (TPSA) is 14.2 Å². The van der Waals surface area contributed by atoms with Crippen LogP contribution in [0.4, 0.5) is 0 Å². The summed E-state index contributed by atoms with van der Waals surface area (Å²) in [4.78, 5) is 0. The molecule has 2 unspecified atom stereocenters.